The lowest BCUT2D eigenvalue weighted by atomic mass is 10.1. The molecule has 6 heteroatoms. The molecule has 1 saturated heterocycles. The van der Waals surface area contributed by atoms with Gasteiger partial charge in [-0.2, -0.15) is 5.10 Å². The predicted molar refractivity (Wildman–Crippen MR) is 81.4 cm³/mol. The first-order valence-electron chi connectivity index (χ1n) is 6.60. The van der Waals surface area contributed by atoms with Gasteiger partial charge in [-0.25, -0.2) is 4.39 Å². The van der Waals surface area contributed by atoms with Crippen molar-refractivity contribution in [2.45, 2.75) is 0 Å². The molecular weight excluding hydrogens is 323 g/mol. The minimum absolute atomic E-state index is 0.233. The van der Waals surface area contributed by atoms with Gasteiger partial charge in [0.2, 0.25) is 0 Å². The quantitative estimate of drug-likeness (QED) is 0.912. The summed E-state index contributed by atoms with van der Waals surface area (Å²) in [5.41, 5.74) is 1.35. The maximum Gasteiger partial charge on any atom is 0.151 e. The summed E-state index contributed by atoms with van der Waals surface area (Å²) in [5.74, 6) is 0.673. The summed E-state index contributed by atoms with van der Waals surface area (Å²) in [5, 5.41) is 7.83. The molecule has 3 rings (SSSR count). The van der Waals surface area contributed by atoms with Gasteiger partial charge in [-0.1, -0.05) is 15.9 Å². The maximum absolute atomic E-state index is 14.0. The minimum Gasteiger partial charge on any atom is -0.353 e. The van der Waals surface area contributed by atoms with Gasteiger partial charge in [0.15, 0.2) is 5.82 Å². The Bertz CT molecular complexity index is 620. The van der Waals surface area contributed by atoms with Crippen molar-refractivity contribution in [2.75, 3.05) is 31.1 Å². The third-order valence-electron chi connectivity index (χ3n) is 3.51. The first kappa shape index (κ1) is 13.6. The molecule has 1 aromatic carbocycles. The van der Waals surface area contributed by atoms with Crippen LogP contribution in [0.15, 0.2) is 28.7 Å². The van der Waals surface area contributed by atoms with Crippen LogP contribution in [0.25, 0.3) is 11.3 Å². The van der Waals surface area contributed by atoms with Crippen molar-refractivity contribution in [3.8, 4) is 11.3 Å². The van der Waals surface area contributed by atoms with Crippen molar-refractivity contribution in [3.63, 3.8) is 0 Å². The number of halogens is 2. The highest BCUT2D eigenvalue weighted by molar-refractivity contribution is 9.10. The van der Waals surface area contributed by atoms with Crippen LogP contribution in [0.2, 0.25) is 0 Å². The molecule has 1 aliphatic rings. The Morgan fingerprint density at radius 2 is 2.00 bits per heavy atom. The van der Waals surface area contributed by atoms with Crippen molar-refractivity contribution in [1.29, 1.82) is 0 Å². The molecule has 4 nitrogen and oxygen atoms in total. The molecule has 20 heavy (non-hydrogen) atoms. The number of hydrogen-bond donors (Lipinski definition) is 1. The SMILES string of the molecule is Cn1nc(N2CCNCC2)cc1-c1cc(Br)ccc1F. The van der Waals surface area contributed by atoms with Crippen LogP contribution in [-0.4, -0.2) is 36.0 Å². The van der Waals surface area contributed by atoms with Crippen LogP contribution in [0.1, 0.15) is 0 Å². The molecular formula is C14H16BrFN4. The van der Waals surface area contributed by atoms with Gasteiger partial charge in [-0.15, -0.1) is 0 Å². The first-order valence-corrected chi connectivity index (χ1v) is 7.39. The molecule has 1 fully saturated rings. The van der Waals surface area contributed by atoms with E-state index in [0.717, 1.165) is 42.2 Å². The molecule has 0 aliphatic carbocycles. The zero-order chi connectivity index (χ0) is 14.1. The Hall–Kier alpha value is -1.40. The van der Waals surface area contributed by atoms with Crippen molar-refractivity contribution >= 4 is 21.7 Å². The van der Waals surface area contributed by atoms with Crippen LogP contribution in [0, 0.1) is 5.82 Å². The Kier molecular flexibility index (Phi) is 3.76. The molecule has 0 spiro atoms. The van der Waals surface area contributed by atoms with Gasteiger partial charge in [0.05, 0.1) is 5.69 Å². The average molecular weight is 339 g/mol. The van der Waals surface area contributed by atoms with E-state index in [1.165, 1.54) is 6.07 Å². The topological polar surface area (TPSA) is 33.1 Å². The summed E-state index contributed by atoms with van der Waals surface area (Å²) < 4.78 is 16.6. The molecule has 0 atom stereocenters. The Morgan fingerprint density at radius 3 is 2.75 bits per heavy atom. The molecule has 0 radical (unpaired) electrons. The van der Waals surface area contributed by atoms with E-state index < -0.39 is 0 Å². The molecule has 0 amide bonds. The van der Waals surface area contributed by atoms with Crippen LogP contribution in [0.4, 0.5) is 10.2 Å². The molecule has 0 saturated carbocycles. The molecule has 1 aliphatic heterocycles. The Morgan fingerprint density at radius 1 is 1.25 bits per heavy atom. The maximum atomic E-state index is 14.0. The predicted octanol–water partition coefficient (Wildman–Crippen LogP) is 2.40. The summed E-state index contributed by atoms with van der Waals surface area (Å²) in [6.07, 6.45) is 0. The average Bonchev–Trinajstić information content (AvgIpc) is 2.84. The first-order chi connectivity index (χ1) is 9.65. The number of nitrogens with one attached hydrogen (secondary N) is 1. The van der Waals surface area contributed by atoms with E-state index in [9.17, 15) is 4.39 Å². The van der Waals surface area contributed by atoms with Crippen molar-refractivity contribution < 1.29 is 4.39 Å². The third kappa shape index (κ3) is 2.58. The lowest BCUT2D eigenvalue weighted by Crippen LogP contribution is -2.43. The van der Waals surface area contributed by atoms with E-state index in [2.05, 4.69) is 31.2 Å². The number of nitrogens with zero attached hydrogens (tertiary/aromatic N) is 3. The van der Waals surface area contributed by atoms with E-state index >= 15 is 0 Å². The zero-order valence-corrected chi connectivity index (χ0v) is 12.8. The molecule has 106 valence electrons. The standard InChI is InChI=1S/C14H16BrFN4/c1-19-13(11-8-10(15)2-3-12(11)16)9-14(18-19)20-6-4-17-5-7-20/h2-3,8-9,17H,4-7H2,1H3. The zero-order valence-electron chi connectivity index (χ0n) is 11.2. The molecule has 2 heterocycles. The second kappa shape index (κ2) is 5.54. The number of piperazine rings is 1. The minimum atomic E-state index is -0.233. The van der Waals surface area contributed by atoms with Crippen LogP contribution >= 0.6 is 15.9 Å². The summed E-state index contributed by atoms with van der Waals surface area (Å²) in [7, 11) is 1.85. The fourth-order valence-electron chi connectivity index (χ4n) is 2.45. The fourth-order valence-corrected chi connectivity index (χ4v) is 2.81. The second-order valence-corrected chi connectivity index (χ2v) is 5.79. The van der Waals surface area contributed by atoms with Gasteiger partial charge >= 0.3 is 0 Å². The number of anilines is 1. The normalized spacial score (nSPS) is 15.7. The van der Waals surface area contributed by atoms with Gasteiger partial charge < -0.3 is 10.2 Å². The highest BCUT2D eigenvalue weighted by Gasteiger charge is 2.17. The lowest BCUT2D eigenvalue weighted by Gasteiger charge is -2.27. The van der Waals surface area contributed by atoms with Gasteiger partial charge in [0.25, 0.3) is 0 Å². The highest BCUT2D eigenvalue weighted by atomic mass is 79.9. The molecule has 0 bridgehead atoms. The number of aryl methyl sites for hydroxylation is 1. The number of hydrogen-bond acceptors (Lipinski definition) is 3. The molecule has 0 unspecified atom stereocenters. The van der Waals surface area contributed by atoms with E-state index in [1.807, 2.05) is 13.1 Å². The number of aromatic nitrogens is 2. The van der Waals surface area contributed by atoms with E-state index in [-0.39, 0.29) is 5.82 Å². The van der Waals surface area contributed by atoms with Crippen LogP contribution in [0.3, 0.4) is 0 Å². The summed E-state index contributed by atoms with van der Waals surface area (Å²) in [6, 6.07) is 6.91. The van der Waals surface area contributed by atoms with Crippen molar-refractivity contribution in [2.24, 2.45) is 7.05 Å². The number of benzene rings is 1. The molecule has 2 aromatic rings. The third-order valence-corrected chi connectivity index (χ3v) is 4.01. The second-order valence-electron chi connectivity index (χ2n) is 4.87. The van der Waals surface area contributed by atoms with E-state index in [1.54, 1.807) is 16.8 Å². The van der Waals surface area contributed by atoms with Crippen LogP contribution in [-0.2, 0) is 7.05 Å². The number of rotatable bonds is 2. The summed E-state index contributed by atoms with van der Waals surface area (Å²) in [6.45, 7) is 3.77. The lowest BCUT2D eigenvalue weighted by molar-refractivity contribution is 0.581. The van der Waals surface area contributed by atoms with E-state index in [0.29, 0.717) is 5.56 Å². The smallest absolute Gasteiger partial charge is 0.151 e. The monoisotopic (exact) mass is 338 g/mol. The van der Waals surface area contributed by atoms with Gasteiger partial charge in [0.1, 0.15) is 5.82 Å². The Balaban J connectivity index is 1.98. The Labute approximate surface area is 125 Å². The fraction of sp³-hybridized carbons (Fsp3) is 0.357. The van der Waals surface area contributed by atoms with E-state index in [4.69, 9.17) is 0 Å². The van der Waals surface area contributed by atoms with Crippen LogP contribution in [0.5, 0.6) is 0 Å². The summed E-state index contributed by atoms with van der Waals surface area (Å²) in [4.78, 5) is 2.22. The molecule has 1 aromatic heterocycles. The highest BCUT2D eigenvalue weighted by Crippen LogP contribution is 2.28. The van der Waals surface area contributed by atoms with Gasteiger partial charge in [0, 0.05) is 49.3 Å². The largest absolute Gasteiger partial charge is 0.353 e. The summed E-state index contributed by atoms with van der Waals surface area (Å²) >= 11 is 3.39. The van der Waals surface area contributed by atoms with Crippen molar-refractivity contribution in [3.05, 3.63) is 34.6 Å². The van der Waals surface area contributed by atoms with Crippen LogP contribution < -0.4 is 10.2 Å². The van der Waals surface area contributed by atoms with Gasteiger partial charge in [-0.05, 0) is 18.2 Å². The van der Waals surface area contributed by atoms with Crippen molar-refractivity contribution in [1.82, 2.24) is 15.1 Å². The van der Waals surface area contributed by atoms with Gasteiger partial charge in [-0.3, -0.25) is 4.68 Å². The molecule has 1 N–H and O–H groups in total.